The fourth-order valence-electron chi connectivity index (χ4n) is 3.12. The largest absolute Gasteiger partial charge is 0.484 e. The van der Waals surface area contributed by atoms with Crippen molar-refractivity contribution in [2.75, 3.05) is 37.7 Å². The fraction of sp³-hybridized carbons (Fsp3) is 0.333. The number of piperazine rings is 1. The molecule has 6 heteroatoms. The van der Waals surface area contributed by atoms with E-state index in [1.807, 2.05) is 36.1 Å². The first-order chi connectivity index (χ1) is 12.9. The summed E-state index contributed by atoms with van der Waals surface area (Å²) in [7, 11) is 0. The Morgan fingerprint density at radius 1 is 1.07 bits per heavy atom. The predicted octanol–water partition coefficient (Wildman–Crippen LogP) is 3.06. The Bertz CT molecular complexity index is 845. The summed E-state index contributed by atoms with van der Waals surface area (Å²) in [4.78, 5) is 27.3. The molecule has 0 atom stereocenters. The molecular weight excluding hydrogens is 347 g/mol. The van der Waals surface area contributed by atoms with Crippen molar-refractivity contribution in [1.29, 1.82) is 0 Å². The van der Waals surface area contributed by atoms with Gasteiger partial charge in [0.25, 0.3) is 5.91 Å². The summed E-state index contributed by atoms with van der Waals surface area (Å²) in [5.74, 6) is 0.0212. The van der Waals surface area contributed by atoms with Crippen LogP contribution in [-0.4, -0.2) is 49.4 Å². The number of halogens is 1. The average molecular weight is 370 g/mol. The second kappa shape index (κ2) is 8.20. The van der Waals surface area contributed by atoms with E-state index >= 15 is 0 Å². The summed E-state index contributed by atoms with van der Waals surface area (Å²) in [6.07, 6.45) is 0. The number of aryl methyl sites for hydroxylation is 1. The van der Waals surface area contributed by atoms with Crippen LogP contribution in [0.2, 0.25) is 0 Å². The van der Waals surface area contributed by atoms with Crippen molar-refractivity contribution in [3.8, 4) is 5.75 Å². The standard InChI is InChI=1S/C21H23FN2O3/c1-15-4-3-5-18(12-15)27-14-21(26)24-10-8-23(9-11-24)20-7-6-17(16(2)25)13-19(20)22/h3-7,12-13H,8-11,14H2,1-2H3. The van der Waals surface area contributed by atoms with Crippen molar-refractivity contribution in [2.45, 2.75) is 13.8 Å². The monoisotopic (exact) mass is 370 g/mol. The quantitative estimate of drug-likeness (QED) is 0.759. The van der Waals surface area contributed by atoms with Crippen LogP contribution in [0, 0.1) is 12.7 Å². The van der Waals surface area contributed by atoms with E-state index in [0.717, 1.165) is 5.56 Å². The molecule has 142 valence electrons. The Morgan fingerprint density at radius 3 is 2.44 bits per heavy atom. The molecule has 0 unspecified atom stereocenters. The number of nitrogens with zero attached hydrogens (tertiary/aromatic N) is 2. The third-order valence-electron chi connectivity index (χ3n) is 4.68. The van der Waals surface area contributed by atoms with Crippen LogP contribution in [0.15, 0.2) is 42.5 Å². The maximum absolute atomic E-state index is 14.3. The first kappa shape index (κ1) is 18.9. The summed E-state index contributed by atoms with van der Waals surface area (Å²) in [5.41, 5.74) is 1.90. The van der Waals surface area contributed by atoms with Crippen LogP contribution in [0.5, 0.6) is 5.75 Å². The highest BCUT2D eigenvalue weighted by Crippen LogP contribution is 2.22. The molecule has 0 spiro atoms. The Balaban J connectivity index is 1.54. The second-order valence-electron chi connectivity index (χ2n) is 6.70. The third-order valence-corrected chi connectivity index (χ3v) is 4.68. The van der Waals surface area contributed by atoms with E-state index in [9.17, 15) is 14.0 Å². The molecule has 2 aromatic rings. The number of ether oxygens (including phenoxy) is 1. The normalized spacial score (nSPS) is 14.2. The van der Waals surface area contributed by atoms with Gasteiger partial charge in [0, 0.05) is 31.7 Å². The molecule has 1 saturated heterocycles. The average Bonchev–Trinajstić information content (AvgIpc) is 2.66. The van der Waals surface area contributed by atoms with Crippen LogP contribution in [-0.2, 0) is 4.79 Å². The lowest BCUT2D eigenvalue weighted by molar-refractivity contribution is -0.133. The Hall–Kier alpha value is -2.89. The minimum absolute atomic E-state index is 0.00881. The Labute approximate surface area is 158 Å². The summed E-state index contributed by atoms with van der Waals surface area (Å²) in [6, 6.07) is 12.1. The first-order valence-electron chi connectivity index (χ1n) is 8.97. The van der Waals surface area contributed by atoms with Gasteiger partial charge in [0.05, 0.1) is 5.69 Å². The molecule has 1 heterocycles. The number of carbonyl (C=O) groups is 2. The highest BCUT2D eigenvalue weighted by atomic mass is 19.1. The van der Waals surface area contributed by atoms with Gasteiger partial charge in [-0.25, -0.2) is 4.39 Å². The number of carbonyl (C=O) groups excluding carboxylic acids is 2. The highest BCUT2D eigenvalue weighted by molar-refractivity contribution is 5.94. The van der Waals surface area contributed by atoms with Crippen molar-refractivity contribution < 1.29 is 18.7 Å². The van der Waals surface area contributed by atoms with Gasteiger partial charge in [-0.1, -0.05) is 12.1 Å². The zero-order chi connectivity index (χ0) is 19.4. The molecule has 0 bridgehead atoms. The summed E-state index contributed by atoms with van der Waals surface area (Å²) < 4.78 is 19.9. The highest BCUT2D eigenvalue weighted by Gasteiger charge is 2.23. The lowest BCUT2D eigenvalue weighted by Crippen LogP contribution is -2.50. The number of benzene rings is 2. The van der Waals surface area contributed by atoms with Crippen molar-refractivity contribution in [3.63, 3.8) is 0 Å². The van der Waals surface area contributed by atoms with Gasteiger partial charge in [0.2, 0.25) is 0 Å². The summed E-state index contributed by atoms with van der Waals surface area (Å²) >= 11 is 0. The molecule has 0 radical (unpaired) electrons. The number of amides is 1. The number of rotatable bonds is 5. The number of anilines is 1. The number of hydrogen-bond acceptors (Lipinski definition) is 4. The van der Waals surface area contributed by atoms with E-state index in [2.05, 4.69) is 0 Å². The molecule has 1 amide bonds. The molecule has 1 aliphatic heterocycles. The van der Waals surface area contributed by atoms with Gasteiger partial charge >= 0.3 is 0 Å². The van der Waals surface area contributed by atoms with Crippen LogP contribution in [0.1, 0.15) is 22.8 Å². The maximum Gasteiger partial charge on any atom is 0.260 e. The molecule has 27 heavy (non-hydrogen) atoms. The molecule has 0 saturated carbocycles. The molecule has 0 aromatic heterocycles. The van der Waals surface area contributed by atoms with Gasteiger partial charge < -0.3 is 14.5 Å². The van der Waals surface area contributed by atoms with Crippen LogP contribution >= 0.6 is 0 Å². The van der Waals surface area contributed by atoms with Crippen LogP contribution in [0.3, 0.4) is 0 Å². The molecule has 2 aromatic carbocycles. The van der Waals surface area contributed by atoms with Crippen molar-refractivity contribution in [3.05, 3.63) is 59.4 Å². The zero-order valence-electron chi connectivity index (χ0n) is 15.6. The predicted molar refractivity (Wildman–Crippen MR) is 102 cm³/mol. The molecular formula is C21H23FN2O3. The van der Waals surface area contributed by atoms with E-state index in [1.54, 1.807) is 17.0 Å². The van der Waals surface area contributed by atoms with Crippen molar-refractivity contribution >= 4 is 17.4 Å². The van der Waals surface area contributed by atoms with Gasteiger partial charge in [-0.15, -0.1) is 0 Å². The zero-order valence-corrected chi connectivity index (χ0v) is 15.6. The van der Waals surface area contributed by atoms with Crippen LogP contribution in [0.25, 0.3) is 0 Å². The molecule has 0 N–H and O–H groups in total. The number of Topliss-reactive ketones (excluding diaryl/α,β-unsaturated/α-hetero) is 1. The Morgan fingerprint density at radius 2 is 1.81 bits per heavy atom. The lowest BCUT2D eigenvalue weighted by Gasteiger charge is -2.36. The van der Waals surface area contributed by atoms with Crippen molar-refractivity contribution in [1.82, 2.24) is 4.90 Å². The summed E-state index contributed by atoms with van der Waals surface area (Å²) in [5, 5.41) is 0. The lowest BCUT2D eigenvalue weighted by atomic mass is 10.1. The summed E-state index contributed by atoms with van der Waals surface area (Å²) in [6.45, 7) is 5.45. The topological polar surface area (TPSA) is 49.9 Å². The number of hydrogen-bond donors (Lipinski definition) is 0. The third kappa shape index (κ3) is 4.64. The van der Waals surface area contributed by atoms with Crippen molar-refractivity contribution in [2.24, 2.45) is 0 Å². The molecule has 1 fully saturated rings. The van der Waals surface area contributed by atoms with E-state index in [4.69, 9.17) is 4.74 Å². The second-order valence-corrected chi connectivity index (χ2v) is 6.70. The minimum Gasteiger partial charge on any atom is -0.484 e. The van der Waals surface area contributed by atoms with Crippen LogP contribution < -0.4 is 9.64 Å². The van der Waals surface area contributed by atoms with E-state index in [-0.39, 0.29) is 18.3 Å². The maximum atomic E-state index is 14.3. The van der Waals surface area contributed by atoms with Gasteiger partial charge in [-0.2, -0.15) is 0 Å². The SMILES string of the molecule is CC(=O)c1ccc(N2CCN(C(=O)COc3cccc(C)c3)CC2)c(F)c1. The smallest absolute Gasteiger partial charge is 0.260 e. The van der Waals surface area contributed by atoms with E-state index in [1.165, 1.54) is 13.0 Å². The van der Waals surface area contributed by atoms with Gasteiger partial charge in [0.1, 0.15) is 11.6 Å². The molecule has 1 aliphatic rings. The number of ketones is 1. The van der Waals surface area contributed by atoms with Gasteiger partial charge in [-0.3, -0.25) is 9.59 Å². The minimum atomic E-state index is -0.412. The molecule has 5 nitrogen and oxygen atoms in total. The van der Waals surface area contributed by atoms with Gasteiger partial charge in [0.15, 0.2) is 12.4 Å². The van der Waals surface area contributed by atoms with Gasteiger partial charge in [-0.05, 0) is 49.7 Å². The fourth-order valence-corrected chi connectivity index (χ4v) is 3.12. The first-order valence-corrected chi connectivity index (χ1v) is 8.97. The van der Waals surface area contributed by atoms with E-state index < -0.39 is 5.82 Å². The molecule has 0 aliphatic carbocycles. The Kier molecular flexibility index (Phi) is 5.74. The van der Waals surface area contributed by atoms with E-state index in [0.29, 0.717) is 43.2 Å². The van der Waals surface area contributed by atoms with Crippen LogP contribution in [0.4, 0.5) is 10.1 Å². The molecule has 3 rings (SSSR count).